The van der Waals surface area contributed by atoms with Gasteiger partial charge in [-0.05, 0) is 38.0 Å². The van der Waals surface area contributed by atoms with E-state index >= 15 is 0 Å². The molecule has 1 saturated carbocycles. The van der Waals surface area contributed by atoms with Gasteiger partial charge >= 0.3 is 0 Å². The number of halogens is 1. The summed E-state index contributed by atoms with van der Waals surface area (Å²) in [4.78, 5) is 1.94. The van der Waals surface area contributed by atoms with Crippen molar-refractivity contribution in [3.8, 4) is 0 Å². The van der Waals surface area contributed by atoms with Crippen LogP contribution in [0.25, 0.3) is 0 Å². The van der Waals surface area contributed by atoms with E-state index in [0.717, 1.165) is 0 Å². The highest BCUT2D eigenvalue weighted by Crippen LogP contribution is 2.23. The summed E-state index contributed by atoms with van der Waals surface area (Å²) in [5.41, 5.74) is 0.681. The summed E-state index contributed by atoms with van der Waals surface area (Å²) in [6.07, 6.45) is 4.91. The number of rotatable bonds is 3. The van der Waals surface area contributed by atoms with Crippen LogP contribution in [0.1, 0.15) is 44.2 Å². The van der Waals surface area contributed by atoms with Crippen molar-refractivity contribution in [2.24, 2.45) is 0 Å². The summed E-state index contributed by atoms with van der Waals surface area (Å²) in [7, 11) is 1.92. The first-order chi connectivity index (χ1) is 9.09. The second-order valence-corrected chi connectivity index (χ2v) is 5.63. The van der Waals surface area contributed by atoms with Crippen LogP contribution in [0.4, 0.5) is 4.39 Å². The van der Waals surface area contributed by atoms with Crippen molar-refractivity contribution < 1.29 is 4.39 Å². The molecule has 1 N–H and O–H groups in total. The van der Waals surface area contributed by atoms with Gasteiger partial charge < -0.3 is 10.2 Å². The van der Waals surface area contributed by atoms with Gasteiger partial charge in [-0.1, -0.05) is 31.0 Å². The van der Waals surface area contributed by atoms with Gasteiger partial charge in [0.15, 0.2) is 5.11 Å². The lowest BCUT2D eigenvalue weighted by Crippen LogP contribution is -2.42. The minimum atomic E-state index is -0.175. The van der Waals surface area contributed by atoms with Gasteiger partial charge in [-0.15, -0.1) is 0 Å². The van der Waals surface area contributed by atoms with Crippen molar-refractivity contribution in [1.29, 1.82) is 0 Å². The number of hydrogen-bond donors (Lipinski definition) is 1. The normalized spacial score (nSPS) is 17.2. The Bertz CT molecular complexity index is 444. The fourth-order valence-electron chi connectivity index (χ4n) is 2.55. The van der Waals surface area contributed by atoms with Crippen molar-refractivity contribution in [2.75, 3.05) is 7.05 Å². The van der Waals surface area contributed by atoms with Crippen molar-refractivity contribution in [1.82, 2.24) is 10.2 Å². The van der Waals surface area contributed by atoms with Crippen LogP contribution >= 0.6 is 12.2 Å². The Morgan fingerprint density at radius 3 is 2.63 bits per heavy atom. The molecular weight excluding hydrogens is 259 g/mol. The van der Waals surface area contributed by atoms with Crippen LogP contribution in [0.2, 0.25) is 0 Å². The van der Waals surface area contributed by atoms with Gasteiger partial charge in [0, 0.05) is 18.7 Å². The second kappa shape index (κ2) is 6.33. The molecule has 19 heavy (non-hydrogen) atoms. The average molecular weight is 280 g/mol. The predicted octanol–water partition coefficient (Wildman–Crippen LogP) is 3.64. The number of benzene rings is 1. The highest BCUT2D eigenvalue weighted by molar-refractivity contribution is 7.80. The second-order valence-electron chi connectivity index (χ2n) is 5.24. The summed E-state index contributed by atoms with van der Waals surface area (Å²) in [6.45, 7) is 1.97. The van der Waals surface area contributed by atoms with Crippen LogP contribution in [-0.4, -0.2) is 23.1 Å². The lowest BCUT2D eigenvalue weighted by molar-refractivity contribution is 0.377. The molecule has 4 heteroatoms. The Kier molecular flexibility index (Phi) is 4.75. The maximum Gasteiger partial charge on any atom is 0.169 e. The Morgan fingerprint density at radius 2 is 2.00 bits per heavy atom. The van der Waals surface area contributed by atoms with Crippen LogP contribution in [0.5, 0.6) is 0 Å². The number of nitrogens with zero attached hydrogens (tertiary/aromatic N) is 1. The Morgan fingerprint density at radius 1 is 1.37 bits per heavy atom. The molecule has 0 aromatic heterocycles. The monoisotopic (exact) mass is 280 g/mol. The Labute approximate surface area is 120 Å². The van der Waals surface area contributed by atoms with Gasteiger partial charge in [-0.2, -0.15) is 0 Å². The lowest BCUT2D eigenvalue weighted by Gasteiger charge is -2.30. The minimum absolute atomic E-state index is 0.0670. The molecule has 2 nitrogen and oxygen atoms in total. The van der Waals surface area contributed by atoms with E-state index in [9.17, 15) is 4.39 Å². The van der Waals surface area contributed by atoms with Gasteiger partial charge in [-0.3, -0.25) is 0 Å². The molecule has 0 heterocycles. The molecule has 0 spiro atoms. The summed E-state index contributed by atoms with van der Waals surface area (Å²) >= 11 is 5.43. The van der Waals surface area contributed by atoms with Crippen LogP contribution in [0.15, 0.2) is 24.3 Å². The van der Waals surface area contributed by atoms with Gasteiger partial charge in [0.2, 0.25) is 0 Å². The van der Waals surface area contributed by atoms with E-state index in [-0.39, 0.29) is 11.9 Å². The summed E-state index contributed by atoms with van der Waals surface area (Å²) in [5, 5.41) is 4.09. The van der Waals surface area contributed by atoms with E-state index in [1.807, 2.05) is 31.0 Å². The third kappa shape index (κ3) is 3.44. The van der Waals surface area contributed by atoms with Crippen LogP contribution in [0.3, 0.4) is 0 Å². The van der Waals surface area contributed by atoms with E-state index < -0.39 is 0 Å². The lowest BCUT2D eigenvalue weighted by atomic mass is 10.1. The molecule has 0 amide bonds. The van der Waals surface area contributed by atoms with Gasteiger partial charge in [0.05, 0.1) is 6.04 Å². The molecule has 0 saturated heterocycles. The molecule has 0 radical (unpaired) electrons. The summed E-state index contributed by atoms with van der Waals surface area (Å²) in [6, 6.07) is 7.30. The quantitative estimate of drug-likeness (QED) is 0.851. The van der Waals surface area contributed by atoms with Crippen molar-refractivity contribution >= 4 is 17.3 Å². The minimum Gasteiger partial charge on any atom is -0.360 e. The van der Waals surface area contributed by atoms with E-state index in [2.05, 4.69) is 5.32 Å². The number of thiocarbonyl (C=S) groups is 1. The molecule has 1 aliphatic carbocycles. The Balaban J connectivity index is 2.00. The molecule has 0 aliphatic heterocycles. The van der Waals surface area contributed by atoms with E-state index in [4.69, 9.17) is 12.2 Å². The van der Waals surface area contributed by atoms with Gasteiger partial charge in [0.1, 0.15) is 5.82 Å². The topological polar surface area (TPSA) is 15.3 Å². The van der Waals surface area contributed by atoms with Crippen LogP contribution in [0, 0.1) is 5.82 Å². The van der Waals surface area contributed by atoms with E-state index in [1.54, 1.807) is 6.07 Å². The third-order valence-corrected chi connectivity index (χ3v) is 4.35. The SMILES string of the molecule is CC(c1ccccc1F)N(C)C(=S)NC1CCCC1. The van der Waals surface area contributed by atoms with Crippen molar-refractivity contribution in [3.05, 3.63) is 35.6 Å². The largest absolute Gasteiger partial charge is 0.360 e. The van der Waals surface area contributed by atoms with Crippen LogP contribution < -0.4 is 5.32 Å². The highest BCUT2D eigenvalue weighted by atomic mass is 32.1. The first-order valence-electron chi connectivity index (χ1n) is 6.87. The molecule has 1 atom stereocenters. The molecule has 1 aromatic rings. The average Bonchev–Trinajstić information content (AvgIpc) is 2.90. The Hall–Kier alpha value is -1.16. The molecule has 1 fully saturated rings. The first-order valence-corrected chi connectivity index (χ1v) is 7.28. The summed E-state index contributed by atoms with van der Waals surface area (Å²) in [5.74, 6) is -0.175. The zero-order valence-corrected chi connectivity index (χ0v) is 12.3. The van der Waals surface area contributed by atoms with E-state index in [0.29, 0.717) is 16.7 Å². The molecular formula is C15H21FN2S. The molecule has 2 rings (SSSR count). The number of hydrogen-bond acceptors (Lipinski definition) is 1. The molecule has 104 valence electrons. The maximum absolute atomic E-state index is 13.8. The summed E-state index contributed by atoms with van der Waals surface area (Å²) < 4.78 is 13.8. The van der Waals surface area contributed by atoms with Gasteiger partial charge in [0.25, 0.3) is 0 Å². The zero-order valence-electron chi connectivity index (χ0n) is 11.5. The molecule has 1 unspecified atom stereocenters. The first kappa shape index (κ1) is 14.3. The molecule has 1 aromatic carbocycles. The van der Waals surface area contributed by atoms with Gasteiger partial charge in [-0.25, -0.2) is 4.39 Å². The maximum atomic E-state index is 13.8. The molecule has 0 bridgehead atoms. The predicted molar refractivity (Wildman–Crippen MR) is 80.6 cm³/mol. The van der Waals surface area contributed by atoms with Crippen molar-refractivity contribution in [3.63, 3.8) is 0 Å². The number of nitrogens with one attached hydrogen (secondary N) is 1. The third-order valence-electron chi connectivity index (χ3n) is 3.94. The highest BCUT2D eigenvalue weighted by Gasteiger charge is 2.21. The van der Waals surface area contributed by atoms with Crippen LogP contribution in [-0.2, 0) is 0 Å². The fourth-order valence-corrected chi connectivity index (χ4v) is 2.87. The van der Waals surface area contributed by atoms with Crippen molar-refractivity contribution in [2.45, 2.75) is 44.7 Å². The molecule has 1 aliphatic rings. The van der Waals surface area contributed by atoms with E-state index in [1.165, 1.54) is 31.7 Å². The smallest absolute Gasteiger partial charge is 0.169 e. The zero-order chi connectivity index (χ0) is 13.8. The standard InChI is InChI=1S/C15H21FN2S/c1-11(13-9-5-6-10-14(13)16)18(2)15(19)17-12-7-3-4-8-12/h5-6,9-12H,3-4,7-8H2,1-2H3,(H,17,19). The fraction of sp³-hybridized carbons (Fsp3) is 0.533.